The molecule has 0 aromatic heterocycles. The molecule has 2 aromatic rings. The van der Waals surface area contributed by atoms with Crippen LogP contribution in [0.15, 0.2) is 54.1 Å². The molecule has 1 fully saturated rings. The fraction of sp³-hybridized carbons (Fsp3) is 0.364. The van der Waals surface area contributed by atoms with E-state index < -0.39 is 0 Å². The Morgan fingerprint density at radius 3 is 1.33 bits per heavy atom. The average molecular weight is 322 g/mol. The van der Waals surface area contributed by atoms with E-state index in [2.05, 4.69) is 48.5 Å². The van der Waals surface area contributed by atoms with E-state index in [9.17, 15) is 0 Å². The van der Waals surface area contributed by atoms with Gasteiger partial charge in [-0.15, -0.1) is 0 Å². The molecule has 0 N–H and O–H groups in total. The number of hydrogen-bond donors (Lipinski definition) is 0. The lowest BCUT2D eigenvalue weighted by Crippen LogP contribution is -2.05. The summed E-state index contributed by atoms with van der Waals surface area (Å²) in [5.74, 6) is 1.85. The molecule has 0 unspecified atom stereocenters. The van der Waals surface area contributed by atoms with Crippen LogP contribution < -0.4 is 9.47 Å². The third-order valence-electron chi connectivity index (χ3n) is 3.88. The Hall–Kier alpha value is -2.22. The largest absolute Gasteiger partial charge is 0.491 e. The quantitative estimate of drug-likeness (QED) is 0.663. The molecule has 3 rings (SSSR count). The Bertz CT molecular complexity index is 645. The minimum absolute atomic E-state index is 0.200. The highest BCUT2D eigenvalue weighted by molar-refractivity contribution is 5.84. The summed E-state index contributed by atoms with van der Waals surface area (Å²) in [6, 6.07) is 16.9. The van der Waals surface area contributed by atoms with Crippen LogP contribution in [0.4, 0.5) is 0 Å². The molecule has 0 heterocycles. The fourth-order valence-corrected chi connectivity index (χ4v) is 2.83. The lowest BCUT2D eigenvalue weighted by atomic mass is 9.96. The van der Waals surface area contributed by atoms with Gasteiger partial charge in [0, 0.05) is 0 Å². The second-order valence-corrected chi connectivity index (χ2v) is 6.86. The van der Waals surface area contributed by atoms with Gasteiger partial charge >= 0.3 is 0 Å². The molecule has 24 heavy (non-hydrogen) atoms. The standard InChI is InChI=1S/C22H26O2/c1-15(2)23-20-11-7-18(8-12-20)22(17-5-6-17)19-9-13-21(14-10-19)24-16(3)4/h7-16H,5-6H2,1-4H3. The van der Waals surface area contributed by atoms with Gasteiger partial charge in [0.1, 0.15) is 11.5 Å². The summed E-state index contributed by atoms with van der Waals surface area (Å²) in [5, 5.41) is 0. The number of rotatable bonds is 6. The topological polar surface area (TPSA) is 18.5 Å². The third kappa shape index (κ3) is 4.19. The number of allylic oxidation sites excluding steroid dienone is 1. The molecule has 2 nitrogen and oxygen atoms in total. The molecule has 0 saturated heterocycles. The SMILES string of the molecule is CC(C)Oc1ccc(C(=C2CC2)c2ccc(OC(C)C)cc2)cc1. The maximum Gasteiger partial charge on any atom is 0.119 e. The summed E-state index contributed by atoms with van der Waals surface area (Å²) in [6.45, 7) is 8.19. The van der Waals surface area contributed by atoms with Crippen molar-refractivity contribution in [1.29, 1.82) is 0 Å². The smallest absolute Gasteiger partial charge is 0.119 e. The summed E-state index contributed by atoms with van der Waals surface area (Å²) < 4.78 is 11.5. The Morgan fingerprint density at radius 2 is 1.04 bits per heavy atom. The first kappa shape index (κ1) is 16.6. The predicted molar refractivity (Wildman–Crippen MR) is 99.7 cm³/mol. The van der Waals surface area contributed by atoms with Crippen molar-refractivity contribution in [2.75, 3.05) is 0 Å². The van der Waals surface area contributed by atoms with Gasteiger partial charge in [0.25, 0.3) is 0 Å². The van der Waals surface area contributed by atoms with Gasteiger partial charge in [-0.3, -0.25) is 0 Å². The minimum Gasteiger partial charge on any atom is -0.491 e. The summed E-state index contributed by atoms with van der Waals surface area (Å²) in [5.41, 5.74) is 5.42. The lowest BCUT2D eigenvalue weighted by Gasteiger charge is -2.13. The van der Waals surface area contributed by atoms with Crippen molar-refractivity contribution in [2.24, 2.45) is 0 Å². The van der Waals surface area contributed by atoms with Crippen molar-refractivity contribution in [1.82, 2.24) is 0 Å². The average Bonchev–Trinajstić information content (AvgIpc) is 3.35. The highest BCUT2D eigenvalue weighted by Crippen LogP contribution is 2.40. The zero-order chi connectivity index (χ0) is 17.1. The maximum atomic E-state index is 5.75. The molecule has 2 heteroatoms. The van der Waals surface area contributed by atoms with Crippen molar-refractivity contribution in [3.63, 3.8) is 0 Å². The van der Waals surface area contributed by atoms with E-state index in [4.69, 9.17) is 9.47 Å². The van der Waals surface area contributed by atoms with E-state index in [0.717, 1.165) is 11.5 Å². The highest BCUT2D eigenvalue weighted by atomic mass is 16.5. The molecular weight excluding hydrogens is 296 g/mol. The normalized spacial score (nSPS) is 13.3. The molecular formula is C22H26O2. The van der Waals surface area contributed by atoms with Crippen molar-refractivity contribution >= 4 is 5.57 Å². The second kappa shape index (κ2) is 7.12. The molecule has 0 amide bonds. The molecule has 0 radical (unpaired) electrons. The monoisotopic (exact) mass is 322 g/mol. The molecule has 0 atom stereocenters. The predicted octanol–water partition coefficient (Wildman–Crippen LogP) is 5.86. The number of hydrogen-bond acceptors (Lipinski definition) is 2. The van der Waals surface area contributed by atoms with E-state index >= 15 is 0 Å². The van der Waals surface area contributed by atoms with E-state index in [1.54, 1.807) is 0 Å². The Balaban J connectivity index is 1.85. The van der Waals surface area contributed by atoms with Gasteiger partial charge in [-0.2, -0.15) is 0 Å². The summed E-state index contributed by atoms with van der Waals surface area (Å²) in [6.07, 6.45) is 2.80. The van der Waals surface area contributed by atoms with Gasteiger partial charge in [-0.1, -0.05) is 29.8 Å². The van der Waals surface area contributed by atoms with E-state index in [1.165, 1.54) is 35.1 Å². The Morgan fingerprint density at radius 1 is 0.667 bits per heavy atom. The van der Waals surface area contributed by atoms with Crippen molar-refractivity contribution in [3.8, 4) is 11.5 Å². The first-order valence-corrected chi connectivity index (χ1v) is 8.79. The van der Waals surface area contributed by atoms with Gasteiger partial charge in [-0.25, -0.2) is 0 Å². The van der Waals surface area contributed by atoms with Crippen LogP contribution in [0.5, 0.6) is 11.5 Å². The zero-order valence-corrected chi connectivity index (χ0v) is 15.0. The van der Waals surface area contributed by atoms with Gasteiger partial charge in [0.2, 0.25) is 0 Å². The summed E-state index contributed by atoms with van der Waals surface area (Å²) in [4.78, 5) is 0. The van der Waals surface area contributed by atoms with Crippen LogP contribution in [0.2, 0.25) is 0 Å². The van der Waals surface area contributed by atoms with Gasteiger partial charge in [-0.05, 0) is 81.5 Å². The molecule has 1 aliphatic rings. The summed E-state index contributed by atoms with van der Waals surface area (Å²) >= 11 is 0. The molecule has 0 spiro atoms. The fourth-order valence-electron chi connectivity index (χ4n) is 2.83. The van der Waals surface area contributed by atoms with Crippen LogP contribution in [0, 0.1) is 0 Å². The molecule has 126 valence electrons. The van der Waals surface area contributed by atoms with Crippen LogP contribution in [0.25, 0.3) is 5.57 Å². The molecule has 0 aliphatic heterocycles. The first-order valence-electron chi connectivity index (χ1n) is 8.79. The van der Waals surface area contributed by atoms with Gasteiger partial charge < -0.3 is 9.47 Å². The van der Waals surface area contributed by atoms with Crippen LogP contribution >= 0.6 is 0 Å². The lowest BCUT2D eigenvalue weighted by molar-refractivity contribution is 0.242. The Labute approximate surface area is 145 Å². The second-order valence-electron chi connectivity index (χ2n) is 6.86. The van der Waals surface area contributed by atoms with E-state index in [1.807, 2.05) is 27.7 Å². The first-order chi connectivity index (χ1) is 11.5. The maximum absolute atomic E-state index is 5.75. The van der Waals surface area contributed by atoms with Crippen LogP contribution in [0.3, 0.4) is 0 Å². The van der Waals surface area contributed by atoms with Crippen LogP contribution in [-0.4, -0.2) is 12.2 Å². The van der Waals surface area contributed by atoms with Crippen molar-refractivity contribution in [2.45, 2.75) is 52.7 Å². The zero-order valence-electron chi connectivity index (χ0n) is 15.0. The van der Waals surface area contributed by atoms with Crippen LogP contribution in [0.1, 0.15) is 51.7 Å². The summed E-state index contributed by atoms with van der Waals surface area (Å²) in [7, 11) is 0. The Kier molecular flexibility index (Phi) is 4.94. The molecule has 0 bridgehead atoms. The number of ether oxygens (including phenoxy) is 2. The van der Waals surface area contributed by atoms with E-state index in [-0.39, 0.29) is 12.2 Å². The van der Waals surface area contributed by atoms with E-state index in [0.29, 0.717) is 0 Å². The minimum atomic E-state index is 0.200. The third-order valence-corrected chi connectivity index (χ3v) is 3.88. The van der Waals surface area contributed by atoms with Crippen LogP contribution in [-0.2, 0) is 0 Å². The molecule has 1 saturated carbocycles. The van der Waals surface area contributed by atoms with Crippen molar-refractivity contribution < 1.29 is 9.47 Å². The highest BCUT2D eigenvalue weighted by Gasteiger charge is 2.20. The van der Waals surface area contributed by atoms with Crippen molar-refractivity contribution in [3.05, 3.63) is 65.2 Å². The van der Waals surface area contributed by atoms with Gasteiger partial charge in [0.15, 0.2) is 0 Å². The van der Waals surface area contributed by atoms with Gasteiger partial charge in [0.05, 0.1) is 12.2 Å². The molecule has 1 aliphatic carbocycles. The molecule has 2 aromatic carbocycles. The number of benzene rings is 2.